The van der Waals surface area contributed by atoms with E-state index in [1.54, 1.807) is 23.5 Å². The van der Waals surface area contributed by atoms with Gasteiger partial charge in [0.1, 0.15) is 22.9 Å². The van der Waals surface area contributed by atoms with E-state index in [1.807, 2.05) is 26.2 Å². The average Bonchev–Trinajstić information content (AvgIpc) is 3.74. The van der Waals surface area contributed by atoms with Gasteiger partial charge in [-0.1, -0.05) is 0 Å². The van der Waals surface area contributed by atoms with Crippen molar-refractivity contribution < 1.29 is 28.7 Å². The number of nitrogens with one attached hydrogen (secondary N) is 1. The lowest BCUT2D eigenvalue weighted by molar-refractivity contribution is -0.136. The van der Waals surface area contributed by atoms with E-state index in [1.165, 1.54) is 5.69 Å². The number of anilines is 2. The van der Waals surface area contributed by atoms with Crippen LogP contribution in [0.5, 0.6) is 5.75 Å². The molecule has 13 nitrogen and oxygen atoms in total. The Bertz CT molecular complexity index is 2170. The summed E-state index contributed by atoms with van der Waals surface area (Å²) in [4.78, 5) is 65.7. The standard InChI is InChI=1S/C43H49N7O6S/c1-46(2)28-5-3-27(4-6-28)41-44-36-10-8-31(26-38(36)57-41)56-33-24-32(25-33)55-30-13-15-47(16-14-30)17-18-48-19-21-49(22-20-48)29-7-9-34-35(23-29)43(54)50(42(34)53)37-11-12-39(51)45-40(37)52/h3-10,23,26,30,32-33,37H,11-22,24-25H2,1-2H3,(H,45,51,52). The minimum absolute atomic E-state index is 0.105. The van der Waals surface area contributed by atoms with Gasteiger partial charge in [-0.15, -0.1) is 11.3 Å². The van der Waals surface area contributed by atoms with E-state index in [9.17, 15) is 19.2 Å². The quantitative estimate of drug-likeness (QED) is 0.214. The van der Waals surface area contributed by atoms with E-state index >= 15 is 0 Å². The van der Waals surface area contributed by atoms with E-state index in [4.69, 9.17) is 14.5 Å². The summed E-state index contributed by atoms with van der Waals surface area (Å²) >= 11 is 1.70. The summed E-state index contributed by atoms with van der Waals surface area (Å²) in [5.41, 5.74) is 4.83. The minimum Gasteiger partial charge on any atom is -0.490 e. The Kier molecular flexibility index (Phi) is 10.4. The summed E-state index contributed by atoms with van der Waals surface area (Å²) in [6.07, 6.45) is 4.97. The lowest BCUT2D eigenvalue weighted by Gasteiger charge is -2.40. The number of piperidine rings is 2. The average molecular weight is 792 g/mol. The smallest absolute Gasteiger partial charge is 0.262 e. The number of carbonyl (C=O) groups excluding carboxylic acids is 4. The molecule has 1 aromatic heterocycles. The molecule has 3 aromatic carbocycles. The monoisotopic (exact) mass is 791 g/mol. The summed E-state index contributed by atoms with van der Waals surface area (Å²) in [6.45, 7) is 7.63. The fourth-order valence-electron chi connectivity index (χ4n) is 8.63. The van der Waals surface area contributed by atoms with Gasteiger partial charge in [0.15, 0.2) is 0 Å². The van der Waals surface area contributed by atoms with Crippen LogP contribution in [0.25, 0.3) is 20.8 Å². The number of amides is 4. The highest BCUT2D eigenvalue weighted by atomic mass is 32.1. The highest BCUT2D eigenvalue weighted by Crippen LogP contribution is 2.36. The third-order valence-corrected chi connectivity index (χ3v) is 13.2. The molecule has 1 N–H and O–H groups in total. The van der Waals surface area contributed by atoms with E-state index in [-0.39, 0.29) is 31.0 Å². The normalized spacial score (nSPS) is 23.5. The van der Waals surface area contributed by atoms with Crippen molar-refractivity contribution in [2.75, 3.05) is 76.3 Å². The number of hydrogen-bond donors (Lipinski definition) is 1. The molecule has 4 aromatic rings. The molecule has 0 bridgehead atoms. The first-order valence-corrected chi connectivity index (χ1v) is 21.0. The molecule has 4 fully saturated rings. The predicted molar refractivity (Wildman–Crippen MR) is 219 cm³/mol. The molecule has 14 heteroatoms. The first-order valence-electron chi connectivity index (χ1n) is 20.2. The molecule has 5 aliphatic rings. The Hall–Kier alpha value is -4.89. The second-order valence-electron chi connectivity index (χ2n) is 16.1. The molecular formula is C43H49N7O6S. The van der Waals surface area contributed by atoms with Gasteiger partial charge in [-0.25, -0.2) is 4.98 Å². The van der Waals surface area contributed by atoms with Crippen LogP contribution in [0.2, 0.25) is 0 Å². The van der Waals surface area contributed by atoms with Gasteiger partial charge in [0.2, 0.25) is 11.8 Å². The lowest BCUT2D eigenvalue weighted by Crippen LogP contribution is -2.54. The number of imide groups is 2. The minimum atomic E-state index is -0.957. The van der Waals surface area contributed by atoms with Crippen LogP contribution in [0.4, 0.5) is 11.4 Å². The van der Waals surface area contributed by atoms with Crippen molar-refractivity contribution in [3.63, 3.8) is 0 Å². The van der Waals surface area contributed by atoms with Crippen LogP contribution in [0.1, 0.15) is 59.2 Å². The predicted octanol–water partition coefficient (Wildman–Crippen LogP) is 4.64. The fourth-order valence-corrected chi connectivity index (χ4v) is 9.63. The molecule has 9 rings (SSSR count). The Morgan fingerprint density at radius 3 is 2.21 bits per heavy atom. The summed E-state index contributed by atoms with van der Waals surface area (Å²) in [6, 6.07) is 19.1. The van der Waals surface area contributed by atoms with Gasteiger partial charge in [-0.2, -0.15) is 0 Å². The third kappa shape index (κ3) is 7.88. The number of hydrogen-bond acceptors (Lipinski definition) is 12. The van der Waals surface area contributed by atoms with Crippen LogP contribution in [-0.2, 0) is 14.3 Å². The maximum atomic E-state index is 13.3. The van der Waals surface area contributed by atoms with Crippen molar-refractivity contribution in [3.05, 3.63) is 71.8 Å². The first kappa shape index (κ1) is 37.7. The van der Waals surface area contributed by atoms with Crippen LogP contribution in [0, 0.1) is 0 Å². The van der Waals surface area contributed by atoms with Crippen molar-refractivity contribution in [2.24, 2.45) is 0 Å². The number of likely N-dealkylation sites (tertiary alicyclic amines) is 1. The van der Waals surface area contributed by atoms with E-state index in [2.05, 4.69) is 61.3 Å². The second kappa shape index (κ2) is 15.8. The number of ether oxygens (including phenoxy) is 2. The number of nitrogens with zero attached hydrogens (tertiary/aromatic N) is 6. The maximum absolute atomic E-state index is 13.3. The zero-order valence-electron chi connectivity index (χ0n) is 32.5. The Morgan fingerprint density at radius 1 is 0.772 bits per heavy atom. The SMILES string of the molecule is CN(C)c1ccc(-c2nc3ccc(OC4CC(OC5CCN(CCN6CCN(c7ccc8c(c7)C(=O)N(C7CCC(=O)NC7=O)C8=O)CC6)CC5)C4)cc3s2)cc1. The summed E-state index contributed by atoms with van der Waals surface area (Å²) in [5, 5.41) is 3.27. The number of thiazole rings is 1. The molecule has 57 heavy (non-hydrogen) atoms. The van der Waals surface area contributed by atoms with Crippen molar-refractivity contribution in [3.8, 4) is 16.3 Å². The van der Waals surface area contributed by atoms with Crippen molar-refractivity contribution in [2.45, 2.75) is 62.9 Å². The number of fused-ring (bicyclic) bond motifs is 2. The Morgan fingerprint density at radius 2 is 1.49 bits per heavy atom. The van der Waals surface area contributed by atoms with Gasteiger partial charge in [0.05, 0.1) is 33.6 Å². The molecule has 1 unspecified atom stereocenters. The van der Waals surface area contributed by atoms with Gasteiger partial charge >= 0.3 is 0 Å². The maximum Gasteiger partial charge on any atom is 0.262 e. The van der Waals surface area contributed by atoms with Gasteiger partial charge in [-0.3, -0.25) is 34.3 Å². The number of carbonyl (C=O) groups is 4. The van der Waals surface area contributed by atoms with E-state index in [0.29, 0.717) is 17.2 Å². The number of rotatable bonds is 11. The Balaban J connectivity index is 0.676. The van der Waals surface area contributed by atoms with Crippen LogP contribution in [-0.4, -0.2) is 134 Å². The molecule has 298 valence electrons. The van der Waals surface area contributed by atoms with E-state index < -0.39 is 23.8 Å². The highest BCUT2D eigenvalue weighted by Gasteiger charge is 2.45. The second-order valence-corrected chi connectivity index (χ2v) is 17.1. The number of aromatic nitrogens is 1. The zero-order valence-corrected chi connectivity index (χ0v) is 33.3. The molecule has 0 spiro atoms. The molecule has 1 saturated carbocycles. The third-order valence-electron chi connectivity index (χ3n) is 12.2. The molecule has 1 atom stereocenters. The summed E-state index contributed by atoms with van der Waals surface area (Å²) < 4.78 is 14.0. The van der Waals surface area contributed by atoms with Crippen LogP contribution >= 0.6 is 11.3 Å². The molecule has 5 heterocycles. The molecule has 4 amide bonds. The number of piperazine rings is 1. The molecule has 4 aliphatic heterocycles. The van der Waals surface area contributed by atoms with Gasteiger partial charge in [0, 0.05) is 103 Å². The summed E-state index contributed by atoms with van der Waals surface area (Å²) in [7, 11) is 4.09. The van der Waals surface area contributed by atoms with Crippen LogP contribution in [0.3, 0.4) is 0 Å². The largest absolute Gasteiger partial charge is 0.490 e. The molecule has 3 saturated heterocycles. The Labute approximate surface area is 336 Å². The van der Waals surface area contributed by atoms with Crippen molar-refractivity contribution in [1.29, 1.82) is 0 Å². The van der Waals surface area contributed by atoms with Gasteiger partial charge < -0.3 is 24.2 Å². The van der Waals surface area contributed by atoms with Crippen LogP contribution < -0.4 is 19.9 Å². The highest BCUT2D eigenvalue weighted by molar-refractivity contribution is 7.21. The molecule has 0 radical (unpaired) electrons. The van der Waals surface area contributed by atoms with E-state index in [0.717, 1.165) is 115 Å². The van der Waals surface area contributed by atoms with Crippen LogP contribution in [0.15, 0.2) is 60.7 Å². The topological polar surface area (TPSA) is 128 Å². The fraction of sp³-hybridized carbons (Fsp3) is 0.465. The van der Waals surface area contributed by atoms with Crippen molar-refractivity contribution in [1.82, 2.24) is 25.0 Å². The lowest BCUT2D eigenvalue weighted by atomic mass is 9.91. The van der Waals surface area contributed by atoms with Gasteiger partial charge in [-0.05, 0) is 79.9 Å². The molecule has 1 aliphatic carbocycles. The summed E-state index contributed by atoms with van der Waals surface area (Å²) in [5.74, 6) is -1.02. The van der Waals surface area contributed by atoms with Gasteiger partial charge in [0.25, 0.3) is 11.8 Å². The zero-order chi connectivity index (χ0) is 39.2. The molecular weight excluding hydrogens is 743 g/mol. The number of benzene rings is 3. The van der Waals surface area contributed by atoms with Crippen molar-refractivity contribution >= 4 is 56.6 Å². The first-order chi connectivity index (χ1) is 27.6.